The first-order chi connectivity index (χ1) is 11.2. The Balaban J connectivity index is 1.97. The van der Waals surface area contributed by atoms with Crippen molar-refractivity contribution in [2.75, 3.05) is 27.4 Å². The van der Waals surface area contributed by atoms with Crippen LogP contribution in [0.5, 0.6) is 11.5 Å². The Morgan fingerprint density at radius 3 is 2.70 bits per heavy atom. The van der Waals surface area contributed by atoms with Crippen molar-refractivity contribution in [1.82, 2.24) is 9.88 Å². The molecule has 124 valence electrons. The Morgan fingerprint density at radius 1 is 1.30 bits per heavy atom. The second-order valence-electron chi connectivity index (χ2n) is 5.71. The van der Waals surface area contributed by atoms with E-state index in [0.29, 0.717) is 18.1 Å². The van der Waals surface area contributed by atoms with Crippen molar-refractivity contribution in [2.45, 2.75) is 18.9 Å². The van der Waals surface area contributed by atoms with Crippen LogP contribution in [0.25, 0.3) is 10.9 Å². The smallest absolute Gasteiger partial charge is 0.268 e. The zero-order valence-electron chi connectivity index (χ0n) is 13.7. The Morgan fingerprint density at radius 2 is 2.04 bits per heavy atom. The summed E-state index contributed by atoms with van der Waals surface area (Å²) in [6.45, 7) is 1.34. The minimum absolute atomic E-state index is 0.0676. The minimum Gasteiger partial charge on any atom is -0.496 e. The van der Waals surface area contributed by atoms with Gasteiger partial charge in [-0.05, 0) is 31.0 Å². The predicted octanol–water partition coefficient (Wildman–Crippen LogP) is 2.10. The van der Waals surface area contributed by atoms with Gasteiger partial charge in [0.1, 0.15) is 17.2 Å². The lowest BCUT2D eigenvalue weighted by atomic mass is 10.1. The maximum Gasteiger partial charge on any atom is 0.268 e. The van der Waals surface area contributed by atoms with E-state index in [1.807, 2.05) is 29.8 Å². The fraction of sp³-hybridized carbons (Fsp3) is 0.471. The zero-order valence-corrected chi connectivity index (χ0v) is 13.7. The molecule has 0 bridgehead atoms. The standard InChI is InChI=1S/C17H22N2O4/c1-19-13(17(20)18-11-5-4-8-23-10-11)9-12-14(21-2)6-7-15(22-3)16(12)19/h6-7,9,11H,4-5,8,10H2,1-3H3,(H,18,20). The van der Waals surface area contributed by atoms with E-state index in [0.717, 1.165) is 36.1 Å². The number of rotatable bonds is 4. The van der Waals surface area contributed by atoms with Gasteiger partial charge < -0.3 is 24.1 Å². The summed E-state index contributed by atoms with van der Waals surface area (Å²) in [5.74, 6) is 1.32. The van der Waals surface area contributed by atoms with Crippen LogP contribution in [0.3, 0.4) is 0 Å². The molecular formula is C17H22N2O4. The number of nitrogens with one attached hydrogen (secondary N) is 1. The quantitative estimate of drug-likeness (QED) is 0.938. The van der Waals surface area contributed by atoms with Crippen molar-refractivity contribution in [2.24, 2.45) is 7.05 Å². The highest BCUT2D eigenvalue weighted by Crippen LogP contribution is 2.35. The molecule has 1 amide bonds. The van der Waals surface area contributed by atoms with Crippen LogP contribution in [0.15, 0.2) is 18.2 Å². The van der Waals surface area contributed by atoms with Gasteiger partial charge in [-0.3, -0.25) is 4.79 Å². The molecule has 1 fully saturated rings. The second kappa shape index (κ2) is 6.50. The lowest BCUT2D eigenvalue weighted by Crippen LogP contribution is -2.41. The van der Waals surface area contributed by atoms with Gasteiger partial charge in [-0.2, -0.15) is 0 Å². The number of methoxy groups -OCH3 is 2. The van der Waals surface area contributed by atoms with Crippen molar-refractivity contribution in [3.05, 3.63) is 23.9 Å². The fourth-order valence-electron chi connectivity index (χ4n) is 3.08. The molecule has 1 atom stereocenters. The monoisotopic (exact) mass is 318 g/mol. The third-order valence-corrected chi connectivity index (χ3v) is 4.29. The first kappa shape index (κ1) is 15.7. The molecule has 1 aliphatic rings. The number of nitrogens with zero attached hydrogens (tertiary/aromatic N) is 1. The number of hydrogen-bond donors (Lipinski definition) is 1. The van der Waals surface area contributed by atoms with Crippen molar-refractivity contribution < 1.29 is 19.0 Å². The maximum absolute atomic E-state index is 12.6. The number of amides is 1. The van der Waals surface area contributed by atoms with Crippen LogP contribution in [0.1, 0.15) is 23.3 Å². The van der Waals surface area contributed by atoms with Gasteiger partial charge in [0, 0.05) is 19.0 Å². The molecule has 0 saturated carbocycles. The average molecular weight is 318 g/mol. The maximum atomic E-state index is 12.6. The molecule has 1 aromatic heterocycles. The molecule has 1 saturated heterocycles. The van der Waals surface area contributed by atoms with Gasteiger partial charge in [0.2, 0.25) is 0 Å². The van der Waals surface area contributed by atoms with Crippen LogP contribution in [-0.2, 0) is 11.8 Å². The molecule has 0 aliphatic carbocycles. The third kappa shape index (κ3) is 2.86. The lowest BCUT2D eigenvalue weighted by molar-refractivity contribution is 0.0620. The Kier molecular flexibility index (Phi) is 4.43. The molecule has 1 unspecified atom stereocenters. The first-order valence-corrected chi connectivity index (χ1v) is 7.74. The van der Waals surface area contributed by atoms with E-state index in [9.17, 15) is 4.79 Å². The first-order valence-electron chi connectivity index (χ1n) is 7.74. The largest absolute Gasteiger partial charge is 0.496 e. The summed E-state index contributed by atoms with van der Waals surface area (Å²) in [6, 6.07) is 5.60. The Hall–Kier alpha value is -2.21. The van der Waals surface area contributed by atoms with E-state index in [4.69, 9.17) is 14.2 Å². The molecule has 1 aliphatic heterocycles. The zero-order chi connectivity index (χ0) is 16.4. The Labute approximate surface area is 135 Å². The number of aromatic nitrogens is 1. The number of benzene rings is 1. The molecule has 1 aromatic carbocycles. The number of ether oxygens (including phenoxy) is 3. The normalized spacial score (nSPS) is 18.0. The van der Waals surface area contributed by atoms with Gasteiger partial charge in [-0.15, -0.1) is 0 Å². The van der Waals surface area contributed by atoms with Crippen molar-refractivity contribution in [1.29, 1.82) is 0 Å². The highest BCUT2D eigenvalue weighted by molar-refractivity contribution is 6.02. The van der Waals surface area contributed by atoms with Gasteiger partial charge in [0.15, 0.2) is 0 Å². The molecule has 2 aromatic rings. The summed E-state index contributed by atoms with van der Waals surface area (Å²) in [5, 5.41) is 3.91. The molecule has 1 N–H and O–H groups in total. The molecule has 6 heteroatoms. The summed E-state index contributed by atoms with van der Waals surface area (Å²) in [7, 11) is 5.09. The lowest BCUT2D eigenvalue weighted by Gasteiger charge is -2.23. The van der Waals surface area contributed by atoms with Crippen LogP contribution in [-0.4, -0.2) is 43.9 Å². The molecule has 23 heavy (non-hydrogen) atoms. The van der Waals surface area contributed by atoms with E-state index in [1.54, 1.807) is 14.2 Å². The van der Waals surface area contributed by atoms with Crippen molar-refractivity contribution in [3.8, 4) is 11.5 Å². The average Bonchev–Trinajstić information content (AvgIpc) is 2.93. The third-order valence-electron chi connectivity index (χ3n) is 4.29. The summed E-state index contributed by atoms with van der Waals surface area (Å²) >= 11 is 0. The molecule has 6 nitrogen and oxygen atoms in total. The minimum atomic E-state index is -0.108. The topological polar surface area (TPSA) is 61.7 Å². The van der Waals surface area contributed by atoms with Gasteiger partial charge in [0.05, 0.1) is 32.4 Å². The molecule has 2 heterocycles. The van der Waals surface area contributed by atoms with E-state index in [2.05, 4.69) is 5.32 Å². The summed E-state index contributed by atoms with van der Waals surface area (Å²) in [6.07, 6.45) is 1.92. The molecule has 0 spiro atoms. The SMILES string of the molecule is COc1ccc(OC)c2c1cc(C(=O)NC1CCCOC1)n2C. The number of fused-ring (bicyclic) bond motifs is 1. The van der Waals surface area contributed by atoms with Gasteiger partial charge in [-0.1, -0.05) is 0 Å². The van der Waals surface area contributed by atoms with Gasteiger partial charge in [0.25, 0.3) is 5.91 Å². The fourth-order valence-corrected chi connectivity index (χ4v) is 3.08. The number of carbonyl (C=O) groups excluding carboxylic acids is 1. The highest BCUT2D eigenvalue weighted by atomic mass is 16.5. The van der Waals surface area contributed by atoms with E-state index in [-0.39, 0.29) is 11.9 Å². The van der Waals surface area contributed by atoms with E-state index < -0.39 is 0 Å². The molecule has 3 rings (SSSR count). The van der Waals surface area contributed by atoms with Crippen molar-refractivity contribution >= 4 is 16.8 Å². The number of hydrogen-bond acceptors (Lipinski definition) is 4. The van der Waals surface area contributed by atoms with Gasteiger partial charge in [-0.25, -0.2) is 0 Å². The Bertz CT molecular complexity index is 717. The molecular weight excluding hydrogens is 296 g/mol. The predicted molar refractivity (Wildman–Crippen MR) is 87.3 cm³/mol. The summed E-state index contributed by atoms with van der Waals surface area (Å²) in [4.78, 5) is 12.6. The van der Waals surface area contributed by atoms with E-state index in [1.165, 1.54) is 0 Å². The van der Waals surface area contributed by atoms with Crippen LogP contribution >= 0.6 is 0 Å². The van der Waals surface area contributed by atoms with Crippen LogP contribution in [0.4, 0.5) is 0 Å². The molecule has 0 radical (unpaired) electrons. The van der Waals surface area contributed by atoms with Gasteiger partial charge >= 0.3 is 0 Å². The highest BCUT2D eigenvalue weighted by Gasteiger charge is 2.22. The summed E-state index contributed by atoms with van der Waals surface area (Å²) in [5.41, 5.74) is 1.42. The second-order valence-corrected chi connectivity index (χ2v) is 5.71. The summed E-state index contributed by atoms with van der Waals surface area (Å²) < 4.78 is 18.1. The van der Waals surface area contributed by atoms with Crippen LogP contribution in [0.2, 0.25) is 0 Å². The number of aryl methyl sites for hydroxylation is 1. The number of carbonyl (C=O) groups is 1. The van der Waals surface area contributed by atoms with Crippen LogP contribution in [0, 0.1) is 0 Å². The van der Waals surface area contributed by atoms with E-state index >= 15 is 0 Å². The van der Waals surface area contributed by atoms with Crippen molar-refractivity contribution in [3.63, 3.8) is 0 Å². The van der Waals surface area contributed by atoms with Crippen LogP contribution < -0.4 is 14.8 Å².